The van der Waals surface area contributed by atoms with Crippen LogP contribution in [0.15, 0.2) is 27.6 Å². The standard InChI is InChI=1S/C12H17BrN2O2S/c1-9-4-2-6-11(12(9)13)18(16,17)15-10-5-3-7-14-8-10/h2,4,6,10,14-15H,3,5,7-8H2,1H3. The molecular weight excluding hydrogens is 316 g/mol. The van der Waals surface area contributed by atoms with Gasteiger partial charge >= 0.3 is 0 Å². The van der Waals surface area contributed by atoms with Crippen LogP contribution in [0.1, 0.15) is 18.4 Å². The minimum atomic E-state index is -3.45. The molecule has 4 nitrogen and oxygen atoms in total. The van der Waals surface area contributed by atoms with E-state index in [4.69, 9.17) is 0 Å². The minimum Gasteiger partial charge on any atom is -0.315 e. The van der Waals surface area contributed by atoms with E-state index in [1.54, 1.807) is 12.1 Å². The van der Waals surface area contributed by atoms with Crippen molar-refractivity contribution in [2.45, 2.75) is 30.7 Å². The number of hydrogen-bond acceptors (Lipinski definition) is 3. The SMILES string of the molecule is Cc1cccc(S(=O)(=O)NC2CCCNC2)c1Br. The number of piperidine rings is 1. The minimum absolute atomic E-state index is 0.0174. The van der Waals surface area contributed by atoms with Crippen molar-refractivity contribution in [2.24, 2.45) is 0 Å². The van der Waals surface area contributed by atoms with Crippen molar-refractivity contribution in [1.82, 2.24) is 10.0 Å². The maximum atomic E-state index is 12.3. The highest BCUT2D eigenvalue weighted by Gasteiger charge is 2.23. The van der Waals surface area contributed by atoms with Gasteiger partial charge in [0.05, 0.1) is 4.90 Å². The van der Waals surface area contributed by atoms with Crippen molar-refractivity contribution in [1.29, 1.82) is 0 Å². The summed E-state index contributed by atoms with van der Waals surface area (Å²) in [6, 6.07) is 5.24. The van der Waals surface area contributed by atoms with Gasteiger partial charge in [0.15, 0.2) is 0 Å². The molecule has 1 aromatic rings. The Kier molecular flexibility index (Phi) is 4.42. The zero-order valence-corrected chi connectivity index (χ0v) is 12.6. The van der Waals surface area contributed by atoms with Crippen LogP contribution in [0.5, 0.6) is 0 Å². The zero-order chi connectivity index (χ0) is 13.2. The van der Waals surface area contributed by atoms with Gasteiger partial charge in [-0.25, -0.2) is 13.1 Å². The Morgan fingerprint density at radius 1 is 1.44 bits per heavy atom. The van der Waals surface area contributed by atoms with Crippen molar-refractivity contribution in [3.05, 3.63) is 28.2 Å². The summed E-state index contributed by atoms with van der Waals surface area (Å²) in [5.74, 6) is 0. The first-order valence-electron chi connectivity index (χ1n) is 5.99. The van der Waals surface area contributed by atoms with Crippen LogP contribution >= 0.6 is 15.9 Å². The van der Waals surface area contributed by atoms with Crippen molar-refractivity contribution in [3.8, 4) is 0 Å². The van der Waals surface area contributed by atoms with Crippen LogP contribution in [0.2, 0.25) is 0 Å². The van der Waals surface area contributed by atoms with Crippen molar-refractivity contribution in [2.75, 3.05) is 13.1 Å². The third-order valence-electron chi connectivity index (χ3n) is 3.06. The monoisotopic (exact) mass is 332 g/mol. The van der Waals surface area contributed by atoms with Gasteiger partial charge in [0.25, 0.3) is 0 Å². The molecule has 1 aliphatic rings. The third kappa shape index (κ3) is 3.12. The second kappa shape index (κ2) is 5.69. The van der Waals surface area contributed by atoms with Gasteiger partial charge in [-0.05, 0) is 53.9 Å². The molecule has 1 aromatic carbocycles. The van der Waals surface area contributed by atoms with Gasteiger partial charge in [-0.3, -0.25) is 0 Å². The van der Waals surface area contributed by atoms with Crippen molar-refractivity contribution >= 4 is 26.0 Å². The highest BCUT2D eigenvalue weighted by atomic mass is 79.9. The van der Waals surface area contributed by atoms with Crippen molar-refractivity contribution < 1.29 is 8.42 Å². The number of hydrogen-bond donors (Lipinski definition) is 2. The quantitative estimate of drug-likeness (QED) is 0.887. The van der Waals surface area contributed by atoms with E-state index in [2.05, 4.69) is 26.0 Å². The van der Waals surface area contributed by atoms with Crippen LogP contribution < -0.4 is 10.0 Å². The lowest BCUT2D eigenvalue weighted by Crippen LogP contribution is -2.45. The van der Waals surface area contributed by atoms with E-state index in [-0.39, 0.29) is 6.04 Å². The number of rotatable bonds is 3. The molecule has 1 aliphatic heterocycles. The number of halogens is 1. The average molecular weight is 333 g/mol. The molecule has 0 amide bonds. The summed E-state index contributed by atoms with van der Waals surface area (Å²) in [4.78, 5) is 0.313. The maximum absolute atomic E-state index is 12.3. The molecule has 1 fully saturated rings. The van der Waals surface area contributed by atoms with Crippen molar-refractivity contribution in [3.63, 3.8) is 0 Å². The Balaban J connectivity index is 2.22. The molecule has 6 heteroatoms. The Hall–Kier alpha value is -0.430. The van der Waals surface area contributed by atoms with E-state index in [0.717, 1.165) is 24.9 Å². The fraction of sp³-hybridized carbons (Fsp3) is 0.500. The molecule has 0 radical (unpaired) electrons. The largest absolute Gasteiger partial charge is 0.315 e. The highest BCUT2D eigenvalue weighted by molar-refractivity contribution is 9.10. The Labute approximate surface area is 116 Å². The molecule has 1 saturated heterocycles. The molecule has 2 N–H and O–H groups in total. The van der Waals surface area contributed by atoms with Gasteiger partial charge in [0.1, 0.15) is 0 Å². The smallest absolute Gasteiger partial charge is 0.241 e. The fourth-order valence-electron chi connectivity index (χ4n) is 2.06. The van der Waals surface area contributed by atoms with Crippen LogP contribution in [0.25, 0.3) is 0 Å². The molecule has 0 aliphatic carbocycles. The summed E-state index contributed by atoms with van der Waals surface area (Å²) < 4.78 is 28.0. The summed E-state index contributed by atoms with van der Waals surface area (Å²) in [5, 5.41) is 3.20. The molecule has 1 atom stereocenters. The van der Waals surface area contributed by atoms with Crippen LogP contribution in [0.4, 0.5) is 0 Å². The molecule has 1 heterocycles. The molecule has 2 rings (SSSR count). The topological polar surface area (TPSA) is 58.2 Å². The first-order valence-corrected chi connectivity index (χ1v) is 8.26. The third-order valence-corrected chi connectivity index (χ3v) is 5.94. The second-order valence-corrected chi connectivity index (χ2v) is 7.03. The molecule has 0 spiro atoms. The molecular formula is C12H17BrN2O2S. The van der Waals surface area contributed by atoms with Gasteiger partial charge in [-0.2, -0.15) is 0 Å². The van der Waals surface area contributed by atoms with Crippen LogP contribution in [0, 0.1) is 6.92 Å². The summed E-state index contributed by atoms with van der Waals surface area (Å²) in [6.07, 6.45) is 1.89. The van der Waals surface area contributed by atoms with E-state index in [1.165, 1.54) is 0 Å². The first kappa shape index (κ1) is 14.0. The van der Waals surface area contributed by atoms with Gasteiger partial charge in [-0.1, -0.05) is 12.1 Å². The number of benzene rings is 1. The Bertz CT molecular complexity index is 525. The summed E-state index contributed by atoms with van der Waals surface area (Å²) in [6.45, 7) is 3.54. The molecule has 0 bridgehead atoms. The highest BCUT2D eigenvalue weighted by Crippen LogP contribution is 2.25. The lowest BCUT2D eigenvalue weighted by atomic mass is 10.1. The summed E-state index contributed by atoms with van der Waals surface area (Å²) in [7, 11) is -3.45. The van der Waals surface area contributed by atoms with Crippen LogP contribution in [0.3, 0.4) is 0 Å². The van der Waals surface area contributed by atoms with Gasteiger partial charge in [-0.15, -0.1) is 0 Å². The predicted molar refractivity (Wildman–Crippen MR) is 75.1 cm³/mol. The van der Waals surface area contributed by atoms with Gasteiger partial charge < -0.3 is 5.32 Å². The first-order chi connectivity index (χ1) is 8.50. The second-order valence-electron chi connectivity index (χ2n) is 4.55. The van der Waals surface area contributed by atoms with E-state index < -0.39 is 10.0 Å². The number of aryl methyl sites for hydroxylation is 1. The molecule has 0 aromatic heterocycles. The van der Waals surface area contributed by atoms with E-state index >= 15 is 0 Å². The molecule has 0 saturated carbocycles. The average Bonchev–Trinajstić information content (AvgIpc) is 2.33. The normalized spacial score (nSPS) is 20.9. The lowest BCUT2D eigenvalue weighted by Gasteiger charge is -2.24. The fourth-order valence-corrected chi connectivity index (χ4v) is 4.39. The van der Waals surface area contributed by atoms with E-state index in [1.807, 2.05) is 13.0 Å². The molecule has 1 unspecified atom stereocenters. The predicted octanol–water partition coefficient (Wildman–Crippen LogP) is 1.79. The molecule has 18 heavy (non-hydrogen) atoms. The Morgan fingerprint density at radius 3 is 2.89 bits per heavy atom. The molecule has 100 valence electrons. The Morgan fingerprint density at radius 2 is 2.22 bits per heavy atom. The maximum Gasteiger partial charge on any atom is 0.241 e. The summed E-state index contributed by atoms with van der Waals surface area (Å²) >= 11 is 3.35. The number of nitrogens with one attached hydrogen (secondary N) is 2. The zero-order valence-electron chi connectivity index (χ0n) is 10.2. The van der Waals surface area contributed by atoms with E-state index in [9.17, 15) is 8.42 Å². The van der Waals surface area contributed by atoms with Crippen LogP contribution in [-0.2, 0) is 10.0 Å². The van der Waals surface area contributed by atoms with Gasteiger partial charge in [0, 0.05) is 17.1 Å². The van der Waals surface area contributed by atoms with Gasteiger partial charge in [0.2, 0.25) is 10.0 Å². The van der Waals surface area contributed by atoms with Crippen LogP contribution in [-0.4, -0.2) is 27.5 Å². The lowest BCUT2D eigenvalue weighted by molar-refractivity contribution is 0.428. The number of sulfonamides is 1. The van der Waals surface area contributed by atoms with E-state index in [0.29, 0.717) is 15.9 Å². The summed E-state index contributed by atoms with van der Waals surface area (Å²) in [5.41, 5.74) is 0.916.